The normalized spacial score (nSPS) is 13.6. The number of carbonyl (C=O) groups is 1. The third-order valence-corrected chi connectivity index (χ3v) is 4.64. The van der Waals surface area contributed by atoms with Crippen molar-refractivity contribution in [2.24, 2.45) is 0 Å². The van der Waals surface area contributed by atoms with Gasteiger partial charge in [0.05, 0.1) is 5.41 Å². The van der Waals surface area contributed by atoms with Crippen LogP contribution in [0.1, 0.15) is 44.7 Å². The maximum absolute atomic E-state index is 12.9. The van der Waals surface area contributed by atoms with Gasteiger partial charge in [-0.15, -0.1) is 0 Å². The fourth-order valence-corrected chi connectivity index (χ4v) is 2.83. The van der Waals surface area contributed by atoms with Crippen LogP contribution in [-0.2, 0) is 10.2 Å². The lowest BCUT2D eigenvalue weighted by molar-refractivity contribution is -0.120. The highest BCUT2D eigenvalue weighted by atomic mass is 16.6. The minimum Gasteiger partial charge on any atom is -0.486 e. The minimum atomic E-state index is -0.691. The number of nitrogens with one attached hydrogen (secondary N) is 1. The summed E-state index contributed by atoms with van der Waals surface area (Å²) in [7, 11) is 0. The number of benzene rings is 2. The minimum absolute atomic E-state index is 0.0508. The Labute approximate surface area is 149 Å². The van der Waals surface area contributed by atoms with E-state index in [-0.39, 0.29) is 5.91 Å². The number of hydrogen-bond donors (Lipinski definition) is 1. The van der Waals surface area contributed by atoms with Crippen LogP contribution >= 0.6 is 0 Å². The van der Waals surface area contributed by atoms with E-state index in [0.717, 1.165) is 17.0 Å². The quantitative estimate of drug-likeness (QED) is 0.892. The van der Waals surface area contributed by atoms with Crippen LogP contribution in [0.4, 0.5) is 5.69 Å². The van der Waals surface area contributed by atoms with Crippen LogP contribution in [0.5, 0.6) is 11.5 Å². The Kier molecular flexibility index (Phi) is 4.71. The molecule has 1 aliphatic rings. The van der Waals surface area contributed by atoms with Gasteiger partial charge in [-0.25, -0.2) is 0 Å². The van der Waals surface area contributed by atoms with Crippen molar-refractivity contribution in [3.8, 4) is 11.5 Å². The van der Waals surface area contributed by atoms with Gasteiger partial charge in [0, 0.05) is 5.69 Å². The number of ether oxygens (including phenoxy) is 2. The first kappa shape index (κ1) is 17.3. The van der Waals surface area contributed by atoms with Crippen molar-refractivity contribution in [2.75, 3.05) is 18.5 Å². The molecule has 2 aromatic rings. The number of hydrogen-bond acceptors (Lipinski definition) is 3. The molecule has 0 aliphatic carbocycles. The Morgan fingerprint density at radius 1 is 1.04 bits per heavy atom. The summed E-state index contributed by atoms with van der Waals surface area (Å²) >= 11 is 0. The Balaban J connectivity index is 1.82. The molecule has 1 amide bonds. The van der Waals surface area contributed by atoms with Gasteiger partial charge >= 0.3 is 0 Å². The van der Waals surface area contributed by atoms with E-state index in [9.17, 15) is 4.79 Å². The number of anilines is 1. The van der Waals surface area contributed by atoms with Gasteiger partial charge in [-0.05, 0) is 55.2 Å². The van der Waals surface area contributed by atoms with Crippen LogP contribution in [0.3, 0.4) is 0 Å². The lowest BCUT2D eigenvalue weighted by Crippen LogP contribution is -2.35. The monoisotopic (exact) mass is 339 g/mol. The Bertz CT molecular complexity index is 780. The molecule has 132 valence electrons. The summed E-state index contributed by atoms with van der Waals surface area (Å²) < 4.78 is 11.2. The summed E-state index contributed by atoms with van der Waals surface area (Å²) in [5, 5.41) is 3.05. The van der Waals surface area contributed by atoms with Crippen LogP contribution in [0.15, 0.2) is 42.5 Å². The van der Waals surface area contributed by atoms with Crippen LogP contribution in [0.25, 0.3) is 0 Å². The molecule has 1 N–H and O–H groups in total. The number of fused-ring (bicyclic) bond motifs is 1. The Morgan fingerprint density at radius 3 is 2.48 bits per heavy atom. The van der Waals surface area contributed by atoms with E-state index < -0.39 is 5.41 Å². The average molecular weight is 339 g/mol. The van der Waals surface area contributed by atoms with Crippen LogP contribution in [-0.4, -0.2) is 19.1 Å². The number of amides is 1. The predicted molar refractivity (Wildman–Crippen MR) is 99.6 cm³/mol. The zero-order valence-corrected chi connectivity index (χ0v) is 15.3. The number of rotatable bonds is 4. The molecule has 3 rings (SSSR count). The van der Waals surface area contributed by atoms with Gasteiger partial charge in [-0.3, -0.25) is 4.79 Å². The Hall–Kier alpha value is -2.49. The molecule has 0 bridgehead atoms. The van der Waals surface area contributed by atoms with Gasteiger partial charge in [0.2, 0.25) is 5.91 Å². The summed E-state index contributed by atoms with van der Waals surface area (Å²) in [6, 6.07) is 13.7. The zero-order valence-electron chi connectivity index (χ0n) is 15.3. The van der Waals surface area contributed by atoms with Gasteiger partial charge in [0.15, 0.2) is 11.5 Å². The van der Waals surface area contributed by atoms with Crippen molar-refractivity contribution in [2.45, 2.75) is 39.0 Å². The molecule has 0 aromatic heterocycles. The predicted octanol–water partition coefficient (Wildman–Crippen LogP) is 4.50. The first-order chi connectivity index (χ1) is 11.9. The highest BCUT2D eigenvalue weighted by Crippen LogP contribution is 2.35. The lowest BCUT2D eigenvalue weighted by atomic mass is 9.83. The molecular formula is C21H25NO3. The summed E-state index contributed by atoms with van der Waals surface area (Å²) in [5.41, 5.74) is 2.23. The summed E-state index contributed by atoms with van der Waals surface area (Å²) in [6.07, 6.45) is 0. The second-order valence-corrected chi connectivity index (χ2v) is 7.22. The molecule has 25 heavy (non-hydrogen) atoms. The molecule has 4 nitrogen and oxygen atoms in total. The van der Waals surface area contributed by atoms with Crippen molar-refractivity contribution < 1.29 is 14.3 Å². The van der Waals surface area contributed by atoms with E-state index in [1.807, 2.05) is 50.2 Å². The van der Waals surface area contributed by atoms with Gasteiger partial charge in [0.25, 0.3) is 0 Å². The molecular weight excluding hydrogens is 314 g/mol. The smallest absolute Gasteiger partial charge is 0.234 e. The highest BCUT2D eigenvalue weighted by molar-refractivity contribution is 5.98. The van der Waals surface area contributed by atoms with Crippen molar-refractivity contribution in [3.63, 3.8) is 0 Å². The third kappa shape index (κ3) is 3.63. The average Bonchev–Trinajstić information content (AvgIpc) is 2.61. The standard InChI is InChI=1S/C21H25NO3/c1-14(2)15-6-5-7-17(12-15)22-20(23)21(3,4)16-8-9-18-19(13-16)25-11-10-24-18/h5-9,12-14H,10-11H2,1-4H3,(H,22,23). The zero-order chi connectivity index (χ0) is 18.0. The van der Waals surface area contributed by atoms with Crippen molar-refractivity contribution in [1.82, 2.24) is 0 Å². The summed E-state index contributed by atoms with van der Waals surface area (Å²) in [4.78, 5) is 12.9. The van der Waals surface area contributed by atoms with E-state index in [0.29, 0.717) is 24.9 Å². The van der Waals surface area contributed by atoms with Gasteiger partial charge in [-0.1, -0.05) is 32.0 Å². The molecule has 0 fully saturated rings. The Morgan fingerprint density at radius 2 is 1.76 bits per heavy atom. The highest BCUT2D eigenvalue weighted by Gasteiger charge is 2.31. The largest absolute Gasteiger partial charge is 0.486 e. The van der Waals surface area contributed by atoms with Crippen molar-refractivity contribution >= 4 is 11.6 Å². The van der Waals surface area contributed by atoms with Gasteiger partial charge in [0.1, 0.15) is 13.2 Å². The first-order valence-corrected chi connectivity index (χ1v) is 8.69. The summed E-state index contributed by atoms with van der Waals surface area (Å²) in [6.45, 7) is 9.20. The molecule has 0 saturated carbocycles. The van der Waals surface area contributed by atoms with E-state index in [1.165, 1.54) is 5.56 Å². The fraction of sp³-hybridized carbons (Fsp3) is 0.381. The molecule has 0 spiro atoms. The van der Waals surface area contributed by atoms with E-state index in [2.05, 4.69) is 25.2 Å². The molecule has 1 aliphatic heterocycles. The topological polar surface area (TPSA) is 47.6 Å². The first-order valence-electron chi connectivity index (χ1n) is 8.69. The molecule has 0 radical (unpaired) electrons. The SMILES string of the molecule is CC(C)c1cccc(NC(=O)C(C)(C)c2ccc3c(c2)OCCO3)c1. The van der Waals surface area contributed by atoms with E-state index in [1.54, 1.807) is 0 Å². The molecule has 2 aromatic carbocycles. The molecule has 4 heteroatoms. The van der Waals surface area contributed by atoms with Crippen molar-refractivity contribution in [1.29, 1.82) is 0 Å². The van der Waals surface area contributed by atoms with Crippen LogP contribution < -0.4 is 14.8 Å². The van der Waals surface area contributed by atoms with Gasteiger partial charge in [-0.2, -0.15) is 0 Å². The van der Waals surface area contributed by atoms with Crippen molar-refractivity contribution in [3.05, 3.63) is 53.6 Å². The van der Waals surface area contributed by atoms with Crippen LogP contribution in [0.2, 0.25) is 0 Å². The third-order valence-electron chi connectivity index (χ3n) is 4.64. The molecule has 0 saturated heterocycles. The maximum Gasteiger partial charge on any atom is 0.234 e. The van der Waals surface area contributed by atoms with E-state index in [4.69, 9.17) is 9.47 Å². The van der Waals surface area contributed by atoms with Gasteiger partial charge < -0.3 is 14.8 Å². The second-order valence-electron chi connectivity index (χ2n) is 7.22. The molecule has 0 unspecified atom stereocenters. The number of carbonyl (C=O) groups excluding carboxylic acids is 1. The molecule has 1 heterocycles. The second kappa shape index (κ2) is 6.79. The molecule has 0 atom stereocenters. The fourth-order valence-electron chi connectivity index (χ4n) is 2.83. The van der Waals surface area contributed by atoms with Crippen LogP contribution in [0, 0.1) is 0 Å². The maximum atomic E-state index is 12.9. The summed E-state index contributed by atoms with van der Waals surface area (Å²) in [5.74, 6) is 1.80. The lowest BCUT2D eigenvalue weighted by Gasteiger charge is -2.26. The van der Waals surface area contributed by atoms with E-state index >= 15 is 0 Å².